The molecule has 2 aliphatic carbocycles. The van der Waals surface area contributed by atoms with Gasteiger partial charge in [-0.1, -0.05) is 127 Å². The van der Waals surface area contributed by atoms with Gasteiger partial charge in [-0.05, 0) is 58.0 Å². The fraction of sp³-hybridized carbons (Fsp3) is 0.0526. The molecule has 1 aromatic heterocycles. The van der Waals surface area contributed by atoms with Gasteiger partial charge in [0.05, 0.1) is 16.4 Å². The number of para-hydroxylation sites is 1. The fourth-order valence-electron chi connectivity index (χ4n) is 7.28. The summed E-state index contributed by atoms with van der Waals surface area (Å²) in [5.41, 5.74) is 12.6. The van der Waals surface area contributed by atoms with E-state index in [1.54, 1.807) is 0 Å². The summed E-state index contributed by atoms with van der Waals surface area (Å²) in [6.07, 6.45) is 9.57. The molecule has 1 atom stereocenters. The maximum Gasteiger partial charge on any atom is 0.304 e. The third kappa shape index (κ3) is 3.24. The van der Waals surface area contributed by atoms with E-state index >= 15 is 0 Å². The van der Waals surface area contributed by atoms with E-state index in [2.05, 4.69) is 126 Å². The van der Waals surface area contributed by atoms with E-state index in [4.69, 9.17) is 6.58 Å². The molecular formula is C38H28BNO. The molecule has 6 aromatic rings. The molecule has 3 heteroatoms. The van der Waals surface area contributed by atoms with Crippen molar-refractivity contribution in [3.05, 3.63) is 168 Å². The van der Waals surface area contributed by atoms with Gasteiger partial charge in [0.2, 0.25) is 0 Å². The summed E-state index contributed by atoms with van der Waals surface area (Å²) >= 11 is 0. The smallest absolute Gasteiger partial charge is 0.304 e. The van der Waals surface area contributed by atoms with Gasteiger partial charge in [-0.2, -0.15) is 0 Å². The second-order valence-electron chi connectivity index (χ2n) is 11.0. The third-order valence-electron chi connectivity index (χ3n) is 9.00. The summed E-state index contributed by atoms with van der Waals surface area (Å²) in [5, 5.41) is 12.2. The maximum absolute atomic E-state index is 9.72. The number of hydrogen-bond acceptors (Lipinski definition) is 1. The van der Waals surface area contributed by atoms with Crippen LogP contribution < -0.4 is 5.46 Å². The minimum absolute atomic E-state index is 0.0304. The van der Waals surface area contributed by atoms with Crippen molar-refractivity contribution in [1.29, 1.82) is 0 Å². The van der Waals surface area contributed by atoms with Gasteiger partial charge in [0.25, 0.3) is 0 Å². The van der Waals surface area contributed by atoms with Crippen LogP contribution in [0.3, 0.4) is 0 Å². The van der Waals surface area contributed by atoms with Gasteiger partial charge in [0.1, 0.15) is 0 Å². The molecule has 2 nitrogen and oxygen atoms in total. The number of nitrogens with zero attached hydrogens (tertiary/aromatic N) is 1. The predicted molar refractivity (Wildman–Crippen MR) is 173 cm³/mol. The molecule has 0 amide bonds. The molecule has 41 heavy (non-hydrogen) atoms. The molecule has 0 fully saturated rings. The molecule has 0 radical (unpaired) electrons. The van der Waals surface area contributed by atoms with Crippen LogP contribution in [0.5, 0.6) is 0 Å². The summed E-state index contributed by atoms with van der Waals surface area (Å²) in [4.78, 5) is 0. The topological polar surface area (TPSA) is 25.2 Å². The first-order valence-corrected chi connectivity index (χ1v) is 14.2. The van der Waals surface area contributed by atoms with E-state index in [1.165, 1.54) is 55.2 Å². The van der Waals surface area contributed by atoms with Crippen LogP contribution in [0.1, 0.15) is 22.3 Å². The zero-order chi connectivity index (χ0) is 27.6. The zero-order valence-corrected chi connectivity index (χ0v) is 22.7. The Morgan fingerprint density at radius 2 is 1.46 bits per heavy atom. The summed E-state index contributed by atoms with van der Waals surface area (Å²) in [5.74, 6) is 0. The van der Waals surface area contributed by atoms with Gasteiger partial charge in [-0.3, -0.25) is 0 Å². The second-order valence-corrected chi connectivity index (χ2v) is 11.0. The molecule has 0 saturated heterocycles. The number of benzene rings is 5. The van der Waals surface area contributed by atoms with Crippen LogP contribution in [0.15, 0.2) is 146 Å². The molecule has 1 heterocycles. The Bertz CT molecular complexity index is 2080. The normalized spacial score (nSPS) is 18.8. The van der Waals surface area contributed by atoms with Crippen LogP contribution >= 0.6 is 0 Å². The minimum Gasteiger partial charge on any atom is -0.449 e. The molecule has 0 bridgehead atoms. The molecule has 1 unspecified atom stereocenters. The van der Waals surface area contributed by atoms with E-state index in [9.17, 15) is 5.02 Å². The minimum atomic E-state index is -0.513. The van der Waals surface area contributed by atoms with Crippen molar-refractivity contribution in [1.82, 2.24) is 4.57 Å². The predicted octanol–water partition coefficient (Wildman–Crippen LogP) is 7.29. The van der Waals surface area contributed by atoms with Crippen LogP contribution in [-0.4, -0.2) is 17.1 Å². The number of aromatic nitrogens is 1. The van der Waals surface area contributed by atoms with Crippen molar-refractivity contribution in [3.63, 3.8) is 0 Å². The molecule has 194 valence electrons. The summed E-state index contributed by atoms with van der Waals surface area (Å²) in [6.45, 7) is 4.76. The zero-order valence-electron chi connectivity index (χ0n) is 22.7. The Kier molecular flexibility index (Phi) is 5.32. The lowest BCUT2D eigenvalue weighted by Gasteiger charge is -2.35. The Hall–Kier alpha value is -4.86. The molecule has 1 spiro atoms. The number of hydrogen-bond donors (Lipinski definition) is 1. The molecule has 8 rings (SSSR count). The van der Waals surface area contributed by atoms with Crippen LogP contribution in [-0.2, 0) is 11.8 Å². The van der Waals surface area contributed by atoms with Crippen LogP contribution in [0, 0.1) is 0 Å². The molecule has 1 N–H and O–H groups in total. The Labute approximate surface area is 240 Å². The SMILES string of the molecule is C=C1/C=C\C=C/Cc2ccccc2C12c1ccccc1-c1c2ccc2c3ccccc3n(-c3ccc(BO)cc3)c12. The van der Waals surface area contributed by atoms with Crippen molar-refractivity contribution in [2.75, 3.05) is 0 Å². The molecule has 5 aromatic carbocycles. The lowest BCUT2D eigenvalue weighted by Crippen LogP contribution is -2.29. The Balaban J connectivity index is 1.57. The lowest BCUT2D eigenvalue weighted by molar-refractivity contribution is 0.615. The molecule has 0 saturated carbocycles. The highest BCUT2D eigenvalue weighted by Crippen LogP contribution is 2.59. The number of rotatable bonds is 2. The highest BCUT2D eigenvalue weighted by molar-refractivity contribution is 6.45. The van der Waals surface area contributed by atoms with Crippen molar-refractivity contribution in [3.8, 4) is 16.8 Å². The quantitative estimate of drug-likeness (QED) is 0.236. The fourth-order valence-corrected chi connectivity index (χ4v) is 7.28. The summed E-state index contributed by atoms with van der Waals surface area (Å²) in [7, 11) is 0.0304. The molecular weight excluding hydrogens is 497 g/mol. The third-order valence-corrected chi connectivity index (χ3v) is 9.00. The van der Waals surface area contributed by atoms with Crippen molar-refractivity contribution < 1.29 is 5.02 Å². The Morgan fingerprint density at radius 1 is 0.707 bits per heavy atom. The highest BCUT2D eigenvalue weighted by Gasteiger charge is 2.48. The van der Waals surface area contributed by atoms with E-state index < -0.39 is 5.41 Å². The molecule has 2 aliphatic rings. The summed E-state index contributed by atoms with van der Waals surface area (Å²) in [6, 6.07) is 39.4. The van der Waals surface area contributed by atoms with E-state index in [0.29, 0.717) is 0 Å². The van der Waals surface area contributed by atoms with Crippen LogP contribution in [0.4, 0.5) is 0 Å². The monoisotopic (exact) mass is 525 g/mol. The average Bonchev–Trinajstić information content (AvgIpc) is 3.53. The molecule has 0 aliphatic heterocycles. The number of allylic oxidation sites excluding steroid dienone is 5. The first-order valence-electron chi connectivity index (χ1n) is 14.2. The van der Waals surface area contributed by atoms with Crippen molar-refractivity contribution in [2.24, 2.45) is 0 Å². The first kappa shape index (κ1) is 24.0. The van der Waals surface area contributed by atoms with E-state index in [1.807, 2.05) is 12.1 Å². The van der Waals surface area contributed by atoms with Gasteiger partial charge in [0, 0.05) is 22.0 Å². The van der Waals surface area contributed by atoms with Crippen LogP contribution in [0.25, 0.3) is 38.6 Å². The average molecular weight is 525 g/mol. The second kappa shape index (κ2) is 9.09. The maximum atomic E-state index is 9.72. The van der Waals surface area contributed by atoms with E-state index in [-0.39, 0.29) is 7.48 Å². The van der Waals surface area contributed by atoms with Gasteiger partial charge < -0.3 is 9.59 Å². The van der Waals surface area contributed by atoms with Crippen molar-refractivity contribution in [2.45, 2.75) is 11.8 Å². The Morgan fingerprint density at radius 3 is 2.32 bits per heavy atom. The number of fused-ring (bicyclic) bond motifs is 11. The highest BCUT2D eigenvalue weighted by atomic mass is 16.2. The largest absolute Gasteiger partial charge is 0.449 e. The van der Waals surface area contributed by atoms with Crippen LogP contribution in [0.2, 0.25) is 0 Å². The standard InChI is InChI=1S/C38H28BNO/c1-25-11-3-2-4-12-26-13-5-8-16-32(26)38(25)33-17-9-6-15-31(33)36-34(38)24-23-30-29-14-7-10-18-35(29)40(37(30)36)28-21-19-27(39-41)20-22-28/h2-11,13-24,39,41H,1,12H2/b4-2-,11-3-. The van der Waals surface area contributed by atoms with Gasteiger partial charge in [-0.25, -0.2) is 0 Å². The van der Waals surface area contributed by atoms with Crippen molar-refractivity contribution >= 4 is 34.8 Å². The van der Waals surface area contributed by atoms with Gasteiger partial charge >= 0.3 is 7.48 Å². The lowest BCUT2D eigenvalue weighted by atomic mass is 9.66. The van der Waals surface area contributed by atoms with Gasteiger partial charge in [0.15, 0.2) is 0 Å². The van der Waals surface area contributed by atoms with E-state index in [0.717, 1.165) is 23.1 Å². The summed E-state index contributed by atoms with van der Waals surface area (Å²) < 4.78 is 2.40. The first-order chi connectivity index (χ1) is 20.2. The van der Waals surface area contributed by atoms with Gasteiger partial charge in [-0.15, -0.1) is 0 Å².